The summed E-state index contributed by atoms with van der Waals surface area (Å²) in [5, 5.41) is 12.1. The quantitative estimate of drug-likeness (QED) is 0.300. The molecule has 0 bridgehead atoms. The van der Waals surface area contributed by atoms with Crippen molar-refractivity contribution in [1.29, 1.82) is 5.26 Å². The molecule has 1 saturated carbocycles. The van der Waals surface area contributed by atoms with Gasteiger partial charge in [-0.2, -0.15) is 5.26 Å². The van der Waals surface area contributed by atoms with Gasteiger partial charge in [0.1, 0.15) is 11.6 Å². The second-order valence-electron chi connectivity index (χ2n) is 7.58. The van der Waals surface area contributed by atoms with Crippen molar-refractivity contribution in [3.05, 3.63) is 58.4 Å². The predicted molar refractivity (Wildman–Crippen MR) is 116 cm³/mol. The van der Waals surface area contributed by atoms with Crippen molar-refractivity contribution < 1.29 is 19.1 Å². The Morgan fingerprint density at radius 3 is 2.48 bits per heavy atom. The molecule has 1 aromatic carbocycles. The van der Waals surface area contributed by atoms with Gasteiger partial charge in [0.25, 0.3) is 0 Å². The van der Waals surface area contributed by atoms with Gasteiger partial charge in [-0.25, -0.2) is 4.79 Å². The maximum absolute atomic E-state index is 12.4. The highest BCUT2D eigenvalue weighted by Gasteiger charge is 2.27. The van der Waals surface area contributed by atoms with Crippen LogP contribution < -0.4 is 5.32 Å². The molecule has 7 heteroatoms. The molecule has 0 unspecified atom stereocenters. The summed E-state index contributed by atoms with van der Waals surface area (Å²) in [4.78, 5) is 36.1. The molecule has 7 nitrogen and oxygen atoms in total. The number of benzene rings is 1. The summed E-state index contributed by atoms with van der Waals surface area (Å²) in [7, 11) is 0. The minimum atomic E-state index is -0.834. The summed E-state index contributed by atoms with van der Waals surface area (Å²) in [5.74, 6) is -1.36. The van der Waals surface area contributed by atoms with Crippen LogP contribution in [0.4, 0.5) is 5.69 Å². The fourth-order valence-electron chi connectivity index (χ4n) is 3.42. The predicted octanol–water partition coefficient (Wildman–Crippen LogP) is 4.12. The van der Waals surface area contributed by atoms with Crippen LogP contribution in [0.3, 0.4) is 0 Å². The molecule has 1 aliphatic carbocycles. The summed E-state index contributed by atoms with van der Waals surface area (Å²) in [5.41, 5.74) is 3.67. The first-order valence-corrected chi connectivity index (χ1v) is 10.2. The van der Waals surface area contributed by atoms with Crippen molar-refractivity contribution in [2.75, 3.05) is 11.9 Å². The van der Waals surface area contributed by atoms with E-state index < -0.39 is 18.4 Å². The standard InChI is InChI=1S/C24H25N3O4/c1-4-23(29)26-20-7-5-17(6-8-20)22(28)14-31-24(30)19(13-25)12-18-11-15(2)27(16(18)3)21-9-10-21/h5-8,11-12,21H,4,9-10,14H2,1-3H3,(H,26,29)/b19-12+. The van der Waals surface area contributed by atoms with Gasteiger partial charge >= 0.3 is 5.97 Å². The number of hydrogen-bond donors (Lipinski definition) is 1. The first-order chi connectivity index (χ1) is 14.8. The van der Waals surface area contributed by atoms with Gasteiger partial charge in [0, 0.05) is 35.1 Å². The van der Waals surface area contributed by atoms with Crippen molar-refractivity contribution in [3.63, 3.8) is 0 Å². The van der Waals surface area contributed by atoms with Crippen LogP contribution in [0.2, 0.25) is 0 Å². The number of carbonyl (C=O) groups excluding carboxylic acids is 3. The van der Waals surface area contributed by atoms with E-state index in [0.29, 0.717) is 23.7 Å². The van der Waals surface area contributed by atoms with Gasteiger partial charge in [-0.3, -0.25) is 9.59 Å². The van der Waals surface area contributed by atoms with Gasteiger partial charge in [0.05, 0.1) is 0 Å². The van der Waals surface area contributed by atoms with E-state index in [4.69, 9.17) is 4.74 Å². The Kier molecular flexibility index (Phi) is 6.71. The maximum atomic E-state index is 12.4. The average molecular weight is 419 g/mol. The van der Waals surface area contributed by atoms with E-state index in [1.54, 1.807) is 31.2 Å². The van der Waals surface area contributed by atoms with Crippen LogP contribution in [0.15, 0.2) is 35.9 Å². The van der Waals surface area contributed by atoms with Crippen LogP contribution in [0, 0.1) is 25.2 Å². The van der Waals surface area contributed by atoms with Gasteiger partial charge in [-0.1, -0.05) is 6.92 Å². The van der Waals surface area contributed by atoms with Crippen molar-refractivity contribution >= 4 is 29.4 Å². The lowest BCUT2D eigenvalue weighted by molar-refractivity contribution is -0.137. The zero-order valence-corrected chi connectivity index (χ0v) is 17.9. The van der Waals surface area contributed by atoms with Gasteiger partial charge in [-0.15, -0.1) is 0 Å². The molecule has 0 radical (unpaired) electrons. The zero-order valence-electron chi connectivity index (χ0n) is 17.9. The van der Waals surface area contributed by atoms with E-state index in [9.17, 15) is 19.6 Å². The molecule has 1 heterocycles. The number of rotatable bonds is 8. The van der Waals surface area contributed by atoms with Crippen LogP contribution >= 0.6 is 0 Å². The number of esters is 1. The van der Waals surface area contributed by atoms with Crippen LogP contribution in [-0.4, -0.2) is 28.8 Å². The number of amides is 1. The van der Waals surface area contributed by atoms with Crippen molar-refractivity contribution in [2.45, 2.75) is 46.1 Å². The van der Waals surface area contributed by atoms with E-state index >= 15 is 0 Å². The molecule has 0 atom stereocenters. The minimum absolute atomic E-state index is 0.123. The number of Topliss-reactive ketones (excluding diaryl/α,β-unsaturated/α-hetero) is 1. The molecule has 31 heavy (non-hydrogen) atoms. The van der Waals surface area contributed by atoms with Gasteiger partial charge in [-0.05, 0) is 68.7 Å². The smallest absolute Gasteiger partial charge is 0.349 e. The third kappa shape index (κ3) is 5.28. The number of ketones is 1. The highest BCUT2D eigenvalue weighted by molar-refractivity contribution is 6.02. The molecule has 0 aliphatic heterocycles. The molecule has 0 spiro atoms. The Labute approximate surface area is 181 Å². The molecule has 1 aliphatic rings. The topological polar surface area (TPSA) is 101 Å². The highest BCUT2D eigenvalue weighted by atomic mass is 16.5. The number of nitriles is 1. The maximum Gasteiger partial charge on any atom is 0.349 e. The lowest BCUT2D eigenvalue weighted by atomic mass is 10.1. The van der Waals surface area contributed by atoms with Crippen molar-refractivity contribution in [3.8, 4) is 6.07 Å². The normalized spacial score (nSPS) is 13.4. The first kappa shape index (κ1) is 22.0. The van der Waals surface area contributed by atoms with Gasteiger partial charge in [0.2, 0.25) is 5.91 Å². The molecule has 3 rings (SSSR count). The highest BCUT2D eigenvalue weighted by Crippen LogP contribution is 2.38. The average Bonchev–Trinajstić information content (AvgIpc) is 3.55. The summed E-state index contributed by atoms with van der Waals surface area (Å²) in [6.07, 6.45) is 4.15. The molecule has 0 saturated heterocycles. The second kappa shape index (κ2) is 9.43. The summed E-state index contributed by atoms with van der Waals surface area (Å²) < 4.78 is 7.30. The van der Waals surface area contributed by atoms with Crippen molar-refractivity contribution in [1.82, 2.24) is 4.57 Å². The second-order valence-corrected chi connectivity index (χ2v) is 7.58. The summed E-state index contributed by atoms with van der Waals surface area (Å²) in [6.45, 7) is 5.24. The third-order valence-electron chi connectivity index (χ3n) is 5.22. The number of aromatic nitrogens is 1. The fraction of sp³-hybridized carbons (Fsp3) is 0.333. The molecule has 1 N–H and O–H groups in total. The van der Waals surface area contributed by atoms with E-state index in [-0.39, 0.29) is 11.5 Å². The molecule has 160 valence electrons. The van der Waals surface area contributed by atoms with Gasteiger partial charge < -0.3 is 14.6 Å². The fourth-order valence-corrected chi connectivity index (χ4v) is 3.42. The van der Waals surface area contributed by atoms with Crippen LogP contribution in [0.1, 0.15) is 59.5 Å². The third-order valence-corrected chi connectivity index (χ3v) is 5.22. The first-order valence-electron chi connectivity index (χ1n) is 10.2. The Hall–Kier alpha value is -3.66. The Balaban J connectivity index is 1.63. The Morgan fingerprint density at radius 2 is 1.90 bits per heavy atom. The number of nitrogens with one attached hydrogen (secondary N) is 1. The molecular weight excluding hydrogens is 394 g/mol. The monoisotopic (exact) mass is 419 g/mol. The number of aryl methyl sites for hydroxylation is 1. The lowest BCUT2D eigenvalue weighted by Gasteiger charge is -2.07. The molecule has 2 aromatic rings. The minimum Gasteiger partial charge on any atom is -0.453 e. The largest absolute Gasteiger partial charge is 0.453 e. The van der Waals surface area contributed by atoms with E-state index in [1.165, 1.54) is 6.08 Å². The number of nitrogens with zero attached hydrogens (tertiary/aromatic N) is 2. The molecule has 1 amide bonds. The Morgan fingerprint density at radius 1 is 1.23 bits per heavy atom. The summed E-state index contributed by atoms with van der Waals surface area (Å²) in [6, 6.07) is 10.6. The van der Waals surface area contributed by atoms with E-state index in [1.807, 2.05) is 26.0 Å². The number of anilines is 1. The number of hydrogen-bond acceptors (Lipinski definition) is 5. The molecular formula is C24H25N3O4. The lowest BCUT2D eigenvalue weighted by Crippen LogP contribution is -2.15. The Bertz CT molecular complexity index is 1080. The van der Waals surface area contributed by atoms with Crippen LogP contribution in [-0.2, 0) is 14.3 Å². The zero-order chi connectivity index (χ0) is 22.5. The van der Waals surface area contributed by atoms with Gasteiger partial charge in [0.15, 0.2) is 12.4 Å². The van der Waals surface area contributed by atoms with E-state index in [0.717, 1.165) is 29.8 Å². The SMILES string of the molecule is CCC(=O)Nc1ccc(C(=O)COC(=O)/C(C#N)=C/c2cc(C)n(C3CC3)c2C)cc1. The molecule has 1 aromatic heterocycles. The number of ether oxygens (including phenoxy) is 1. The van der Waals surface area contributed by atoms with Crippen LogP contribution in [0.5, 0.6) is 0 Å². The summed E-state index contributed by atoms with van der Waals surface area (Å²) >= 11 is 0. The number of carbonyl (C=O) groups is 3. The molecule has 1 fully saturated rings. The van der Waals surface area contributed by atoms with Crippen molar-refractivity contribution in [2.24, 2.45) is 0 Å². The van der Waals surface area contributed by atoms with E-state index in [2.05, 4.69) is 9.88 Å². The van der Waals surface area contributed by atoms with Crippen LogP contribution in [0.25, 0.3) is 6.08 Å².